The van der Waals surface area contributed by atoms with Gasteiger partial charge in [0.05, 0.1) is 18.2 Å². The number of likely N-dealkylation sites (tertiary alicyclic amines) is 1. The Morgan fingerprint density at radius 2 is 1.65 bits per heavy atom. The van der Waals surface area contributed by atoms with Gasteiger partial charge in [-0.05, 0) is 75.4 Å². The van der Waals surface area contributed by atoms with E-state index in [1.54, 1.807) is 23.9 Å². The Labute approximate surface area is 258 Å². The number of β-amino-alcohol motifs (C(OH)–C–C–N with tert-alkyl or cyclic N) is 1. The SMILES string of the molecule is CC(C)(C)NC(=O)[C@@H]1C[C@H](Sc2ccccc2)CCN1C[C@@H](O)[C@H](Cc1ccc(F)cc1)NC(=O)OCc1ccccc1. The van der Waals surface area contributed by atoms with Crippen molar-refractivity contribution in [1.29, 1.82) is 0 Å². The quantitative estimate of drug-likeness (QED) is 0.264. The van der Waals surface area contributed by atoms with Gasteiger partial charge >= 0.3 is 6.09 Å². The van der Waals surface area contributed by atoms with E-state index in [9.17, 15) is 19.1 Å². The van der Waals surface area contributed by atoms with E-state index in [0.29, 0.717) is 13.0 Å². The summed E-state index contributed by atoms with van der Waals surface area (Å²) in [5.74, 6) is -0.441. The number of aliphatic hydroxyl groups is 1. The number of benzene rings is 3. The van der Waals surface area contributed by atoms with Gasteiger partial charge in [-0.25, -0.2) is 9.18 Å². The first kappa shape index (κ1) is 32.5. The standard InChI is InChI=1S/C34H42FN3O4S/c1-34(2,3)37-32(40)30-21-28(43-27-12-8-5-9-13-27)18-19-38(30)22-31(39)29(20-24-14-16-26(35)17-15-24)36-33(41)42-23-25-10-6-4-7-11-25/h4-17,28-31,39H,18-23H2,1-3H3,(H,36,41)(H,37,40)/t28-,29+,30+,31-/m1/s1. The first-order chi connectivity index (χ1) is 20.6. The number of aliphatic hydroxyl groups excluding tert-OH is 1. The Hall–Kier alpha value is -3.40. The molecule has 0 bridgehead atoms. The molecular weight excluding hydrogens is 565 g/mol. The van der Waals surface area contributed by atoms with Crippen molar-refractivity contribution in [2.45, 2.75) is 80.5 Å². The van der Waals surface area contributed by atoms with Gasteiger partial charge in [-0.3, -0.25) is 9.69 Å². The Morgan fingerprint density at radius 1 is 1.00 bits per heavy atom. The monoisotopic (exact) mass is 607 g/mol. The summed E-state index contributed by atoms with van der Waals surface area (Å²) in [4.78, 5) is 29.5. The van der Waals surface area contributed by atoms with Crippen LogP contribution in [0.2, 0.25) is 0 Å². The van der Waals surface area contributed by atoms with Crippen LogP contribution in [-0.2, 0) is 22.6 Å². The van der Waals surface area contributed by atoms with Crippen LogP contribution in [0.15, 0.2) is 89.8 Å². The molecule has 1 fully saturated rings. The van der Waals surface area contributed by atoms with Crippen molar-refractivity contribution in [1.82, 2.24) is 15.5 Å². The van der Waals surface area contributed by atoms with Crippen molar-refractivity contribution >= 4 is 23.8 Å². The van der Waals surface area contributed by atoms with Crippen LogP contribution in [0, 0.1) is 5.82 Å². The summed E-state index contributed by atoms with van der Waals surface area (Å²) in [6, 6.07) is 24.3. The number of nitrogens with one attached hydrogen (secondary N) is 2. The summed E-state index contributed by atoms with van der Waals surface area (Å²) < 4.78 is 19.0. The van der Waals surface area contributed by atoms with Crippen LogP contribution < -0.4 is 10.6 Å². The first-order valence-corrected chi connectivity index (χ1v) is 15.6. The van der Waals surface area contributed by atoms with Crippen molar-refractivity contribution in [2.75, 3.05) is 13.1 Å². The molecule has 230 valence electrons. The summed E-state index contributed by atoms with van der Waals surface area (Å²) in [6.07, 6.45) is 0.0677. The van der Waals surface area contributed by atoms with Crippen LogP contribution in [0.25, 0.3) is 0 Å². The molecule has 2 amide bonds. The minimum Gasteiger partial charge on any atom is -0.445 e. The van der Waals surface area contributed by atoms with E-state index in [2.05, 4.69) is 22.8 Å². The topological polar surface area (TPSA) is 90.9 Å². The maximum Gasteiger partial charge on any atom is 0.407 e. The lowest BCUT2D eigenvalue weighted by Crippen LogP contribution is -2.58. The number of carbonyl (C=O) groups is 2. The molecular formula is C34H42FN3O4S. The highest BCUT2D eigenvalue weighted by Crippen LogP contribution is 2.33. The third-order valence-electron chi connectivity index (χ3n) is 7.28. The van der Waals surface area contributed by atoms with Crippen LogP contribution in [0.4, 0.5) is 9.18 Å². The summed E-state index contributed by atoms with van der Waals surface area (Å²) in [6.45, 7) is 6.74. The maximum atomic E-state index is 13.6. The predicted molar refractivity (Wildman–Crippen MR) is 168 cm³/mol. The lowest BCUT2D eigenvalue weighted by Gasteiger charge is -2.41. The maximum absolute atomic E-state index is 13.6. The second-order valence-corrected chi connectivity index (χ2v) is 13.4. The number of halogens is 1. The average Bonchev–Trinajstić information content (AvgIpc) is 2.98. The number of rotatable bonds is 11. The Bertz CT molecular complexity index is 1300. The zero-order valence-corrected chi connectivity index (χ0v) is 25.9. The molecule has 1 aliphatic rings. The zero-order chi connectivity index (χ0) is 30.8. The number of ether oxygens (including phenoxy) is 1. The number of nitrogens with zero attached hydrogens (tertiary/aromatic N) is 1. The minimum atomic E-state index is -1.02. The molecule has 7 nitrogen and oxygen atoms in total. The molecule has 9 heteroatoms. The van der Waals surface area contributed by atoms with E-state index < -0.39 is 29.8 Å². The second kappa shape index (κ2) is 15.4. The number of piperidine rings is 1. The minimum absolute atomic E-state index is 0.0802. The largest absolute Gasteiger partial charge is 0.445 e. The number of alkyl carbamates (subject to hydrolysis) is 1. The number of hydrogen-bond donors (Lipinski definition) is 3. The Morgan fingerprint density at radius 3 is 2.30 bits per heavy atom. The van der Waals surface area contributed by atoms with Crippen LogP contribution in [0.3, 0.4) is 0 Å². The molecule has 1 aliphatic heterocycles. The lowest BCUT2D eigenvalue weighted by atomic mass is 9.96. The van der Waals surface area contributed by atoms with Gasteiger partial charge in [0.1, 0.15) is 12.4 Å². The number of hydrogen-bond acceptors (Lipinski definition) is 6. The molecule has 0 spiro atoms. The van der Waals surface area contributed by atoms with E-state index in [1.165, 1.54) is 12.1 Å². The molecule has 43 heavy (non-hydrogen) atoms. The predicted octanol–water partition coefficient (Wildman–Crippen LogP) is 5.56. The molecule has 1 heterocycles. The van der Waals surface area contributed by atoms with Gasteiger partial charge in [0.25, 0.3) is 0 Å². The third kappa shape index (κ3) is 10.7. The van der Waals surface area contributed by atoms with Crippen LogP contribution in [0.1, 0.15) is 44.7 Å². The summed E-state index contributed by atoms with van der Waals surface area (Å²) >= 11 is 1.77. The van der Waals surface area contributed by atoms with Gasteiger partial charge in [-0.15, -0.1) is 11.8 Å². The van der Waals surface area contributed by atoms with Gasteiger partial charge in [0.15, 0.2) is 0 Å². The fourth-order valence-corrected chi connectivity index (χ4v) is 6.37. The molecule has 0 aromatic heterocycles. The number of thioether (sulfide) groups is 1. The molecule has 3 aromatic carbocycles. The molecule has 0 unspecified atom stereocenters. The van der Waals surface area contributed by atoms with Crippen LogP contribution in [-0.4, -0.2) is 64.1 Å². The van der Waals surface area contributed by atoms with Gasteiger partial charge in [-0.1, -0.05) is 60.7 Å². The fraction of sp³-hybridized carbons (Fsp3) is 0.412. The Balaban J connectivity index is 1.47. The van der Waals surface area contributed by atoms with Gasteiger partial charge in [0.2, 0.25) is 5.91 Å². The van der Waals surface area contributed by atoms with Crippen LogP contribution >= 0.6 is 11.8 Å². The fourth-order valence-electron chi connectivity index (χ4n) is 5.17. The second-order valence-electron chi connectivity index (χ2n) is 12.0. The van der Waals surface area contributed by atoms with E-state index >= 15 is 0 Å². The van der Waals surface area contributed by atoms with Gasteiger partial charge < -0.3 is 20.5 Å². The van der Waals surface area contributed by atoms with Crippen molar-refractivity contribution in [3.63, 3.8) is 0 Å². The number of carbonyl (C=O) groups excluding carboxylic acids is 2. The molecule has 0 radical (unpaired) electrons. The third-order valence-corrected chi connectivity index (χ3v) is 8.59. The molecule has 0 saturated carbocycles. The van der Waals surface area contributed by atoms with Gasteiger partial charge in [0, 0.05) is 28.8 Å². The summed E-state index contributed by atoms with van der Waals surface area (Å²) in [5, 5.41) is 17.7. The number of amides is 2. The molecule has 1 saturated heterocycles. The van der Waals surface area contributed by atoms with E-state index in [1.807, 2.05) is 74.2 Å². The lowest BCUT2D eigenvalue weighted by molar-refractivity contribution is -0.129. The molecule has 3 aromatic rings. The van der Waals surface area contributed by atoms with Crippen molar-refractivity contribution in [2.24, 2.45) is 0 Å². The summed E-state index contributed by atoms with van der Waals surface area (Å²) in [5.41, 5.74) is 1.20. The van der Waals surface area contributed by atoms with Crippen molar-refractivity contribution in [3.8, 4) is 0 Å². The average molecular weight is 608 g/mol. The van der Waals surface area contributed by atoms with Crippen molar-refractivity contribution in [3.05, 3.63) is 102 Å². The summed E-state index contributed by atoms with van der Waals surface area (Å²) in [7, 11) is 0. The zero-order valence-electron chi connectivity index (χ0n) is 25.0. The molecule has 4 rings (SSSR count). The first-order valence-electron chi connectivity index (χ1n) is 14.7. The van der Waals surface area contributed by atoms with E-state index in [-0.39, 0.29) is 36.5 Å². The van der Waals surface area contributed by atoms with Gasteiger partial charge in [-0.2, -0.15) is 0 Å². The normalized spacial score (nSPS) is 18.8. The van der Waals surface area contributed by atoms with E-state index in [0.717, 1.165) is 22.4 Å². The van der Waals surface area contributed by atoms with E-state index in [4.69, 9.17) is 4.74 Å². The molecule has 0 aliphatic carbocycles. The highest BCUT2D eigenvalue weighted by molar-refractivity contribution is 8.00. The smallest absolute Gasteiger partial charge is 0.407 e. The highest BCUT2D eigenvalue weighted by atomic mass is 32.2. The van der Waals surface area contributed by atoms with Crippen LogP contribution in [0.5, 0.6) is 0 Å². The molecule has 4 atom stereocenters. The van der Waals surface area contributed by atoms with Crippen molar-refractivity contribution < 1.29 is 23.8 Å². The highest BCUT2D eigenvalue weighted by Gasteiger charge is 2.37. The molecule has 3 N–H and O–H groups in total. The Kier molecular flexibility index (Phi) is 11.6.